The largest absolute Gasteiger partial charge is 0.492 e. The Morgan fingerprint density at radius 3 is 2.77 bits per heavy atom. The zero-order chi connectivity index (χ0) is 21.5. The van der Waals surface area contributed by atoms with Crippen LogP contribution in [0.1, 0.15) is 6.42 Å². The first-order chi connectivity index (χ1) is 14.4. The molecule has 0 aliphatic rings. The molecule has 2 heterocycles. The van der Waals surface area contributed by atoms with Crippen LogP contribution in [0.15, 0.2) is 46.8 Å². The lowest BCUT2D eigenvalue weighted by molar-refractivity contribution is -0.151. The average molecular weight is 450 g/mol. The van der Waals surface area contributed by atoms with Gasteiger partial charge in [0.25, 0.3) is 11.5 Å². The van der Waals surface area contributed by atoms with Crippen LogP contribution in [0.5, 0.6) is 5.75 Å². The Balaban J connectivity index is 1.37. The van der Waals surface area contributed by atoms with E-state index in [-0.39, 0.29) is 31.0 Å². The first-order valence-corrected chi connectivity index (χ1v) is 10.4. The summed E-state index contributed by atoms with van der Waals surface area (Å²) in [7, 11) is 1.60. The van der Waals surface area contributed by atoms with E-state index in [0.717, 1.165) is 0 Å². The van der Waals surface area contributed by atoms with Gasteiger partial charge in [-0.2, -0.15) is 0 Å². The molecule has 0 saturated heterocycles. The predicted octanol–water partition coefficient (Wildman–Crippen LogP) is 2.58. The Kier molecular flexibility index (Phi) is 7.42. The molecule has 0 bridgehead atoms. The maximum Gasteiger partial charge on any atom is 0.308 e. The minimum Gasteiger partial charge on any atom is -0.492 e. The van der Waals surface area contributed by atoms with Crippen LogP contribution in [0, 0.1) is 0 Å². The molecule has 0 fully saturated rings. The molecule has 0 unspecified atom stereocenters. The van der Waals surface area contributed by atoms with E-state index in [1.807, 2.05) is 0 Å². The van der Waals surface area contributed by atoms with E-state index in [2.05, 4.69) is 4.98 Å². The van der Waals surface area contributed by atoms with Gasteiger partial charge in [0, 0.05) is 18.6 Å². The number of thiophene rings is 1. The number of ether oxygens (including phenoxy) is 2. The third-order valence-electron chi connectivity index (χ3n) is 4.30. The summed E-state index contributed by atoms with van der Waals surface area (Å²) in [6, 6.07) is 8.61. The monoisotopic (exact) mass is 449 g/mol. The second kappa shape index (κ2) is 10.2. The van der Waals surface area contributed by atoms with E-state index < -0.39 is 5.97 Å². The average Bonchev–Trinajstić information content (AvgIpc) is 3.22. The van der Waals surface area contributed by atoms with Gasteiger partial charge in [0.1, 0.15) is 17.2 Å². The quantitative estimate of drug-likeness (QED) is 0.466. The lowest BCUT2D eigenvalue weighted by atomic mass is 10.3. The fourth-order valence-electron chi connectivity index (χ4n) is 2.54. The van der Waals surface area contributed by atoms with Crippen molar-refractivity contribution in [2.45, 2.75) is 13.0 Å². The van der Waals surface area contributed by atoms with Gasteiger partial charge < -0.3 is 14.4 Å². The van der Waals surface area contributed by atoms with Crippen LogP contribution in [-0.2, 0) is 20.9 Å². The van der Waals surface area contributed by atoms with Crippen molar-refractivity contribution >= 4 is 45.0 Å². The maximum atomic E-state index is 12.3. The summed E-state index contributed by atoms with van der Waals surface area (Å²) in [4.78, 5) is 42.6. The van der Waals surface area contributed by atoms with Crippen molar-refractivity contribution in [3.8, 4) is 5.75 Å². The highest BCUT2D eigenvalue weighted by Gasteiger charge is 2.13. The van der Waals surface area contributed by atoms with Crippen LogP contribution in [0.2, 0.25) is 5.02 Å². The van der Waals surface area contributed by atoms with Gasteiger partial charge in [-0.15, -0.1) is 11.3 Å². The van der Waals surface area contributed by atoms with Crippen LogP contribution in [-0.4, -0.2) is 53.1 Å². The number of benzene rings is 1. The molecule has 30 heavy (non-hydrogen) atoms. The molecule has 10 heteroatoms. The number of esters is 1. The number of amides is 1. The molecule has 1 amide bonds. The molecule has 0 N–H and O–H groups in total. The van der Waals surface area contributed by atoms with Crippen molar-refractivity contribution in [1.29, 1.82) is 0 Å². The number of rotatable bonds is 9. The number of carbonyl (C=O) groups excluding carboxylic acids is 2. The molecule has 158 valence electrons. The molecule has 0 spiro atoms. The molecule has 3 aromatic rings. The van der Waals surface area contributed by atoms with E-state index in [1.54, 1.807) is 42.8 Å². The number of fused-ring (bicyclic) bond motifs is 1. The summed E-state index contributed by atoms with van der Waals surface area (Å²) in [6.45, 7) is 0.391. The van der Waals surface area contributed by atoms with Gasteiger partial charge in [-0.05, 0) is 35.7 Å². The maximum absolute atomic E-state index is 12.3. The van der Waals surface area contributed by atoms with Crippen LogP contribution < -0.4 is 10.3 Å². The molecule has 0 saturated carbocycles. The summed E-state index contributed by atoms with van der Waals surface area (Å²) in [5.74, 6) is -0.259. The summed E-state index contributed by atoms with van der Waals surface area (Å²) >= 11 is 7.19. The predicted molar refractivity (Wildman–Crippen MR) is 114 cm³/mol. The molecule has 0 atom stereocenters. The van der Waals surface area contributed by atoms with Crippen molar-refractivity contribution in [3.63, 3.8) is 0 Å². The number of carbonyl (C=O) groups is 2. The Morgan fingerprint density at radius 2 is 2.00 bits per heavy atom. The van der Waals surface area contributed by atoms with Crippen molar-refractivity contribution in [2.24, 2.45) is 0 Å². The van der Waals surface area contributed by atoms with Crippen LogP contribution in [0.3, 0.4) is 0 Å². The minimum absolute atomic E-state index is 0.0338. The lowest BCUT2D eigenvalue weighted by Gasteiger charge is -2.17. The molecular formula is C20H20ClN3O5S. The highest BCUT2D eigenvalue weighted by molar-refractivity contribution is 7.16. The smallest absolute Gasteiger partial charge is 0.308 e. The topological polar surface area (TPSA) is 90.7 Å². The number of halogens is 1. The highest BCUT2D eigenvalue weighted by atomic mass is 35.5. The molecule has 0 aliphatic heterocycles. The molecule has 0 radical (unpaired) electrons. The van der Waals surface area contributed by atoms with Gasteiger partial charge in [0.05, 0.1) is 24.7 Å². The summed E-state index contributed by atoms with van der Waals surface area (Å²) in [5, 5.41) is 2.93. The van der Waals surface area contributed by atoms with Crippen molar-refractivity contribution in [1.82, 2.24) is 14.5 Å². The fraction of sp³-hybridized carbons (Fsp3) is 0.300. The second-order valence-electron chi connectivity index (χ2n) is 6.41. The third-order valence-corrected chi connectivity index (χ3v) is 5.37. The van der Waals surface area contributed by atoms with Gasteiger partial charge in [0.2, 0.25) is 0 Å². The molecule has 8 nitrogen and oxygen atoms in total. The van der Waals surface area contributed by atoms with E-state index >= 15 is 0 Å². The Bertz CT molecular complexity index is 1080. The Labute approximate surface area is 181 Å². The number of hydrogen-bond donors (Lipinski definition) is 0. The zero-order valence-corrected chi connectivity index (χ0v) is 17.8. The number of nitrogens with zero attached hydrogens (tertiary/aromatic N) is 3. The number of aromatic nitrogens is 2. The SMILES string of the molecule is CN(CCOc1ccc(Cl)cc1)C(=O)COC(=O)CCn1cnc2sccc2c1=O. The number of hydrogen-bond acceptors (Lipinski definition) is 7. The molecule has 3 rings (SSSR count). The van der Waals surface area contributed by atoms with Gasteiger partial charge in [-0.3, -0.25) is 19.0 Å². The van der Waals surface area contributed by atoms with E-state index in [0.29, 0.717) is 34.1 Å². The molecule has 2 aromatic heterocycles. The number of aryl methyl sites for hydroxylation is 1. The van der Waals surface area contributed by atoms with Gasteiger partial charge >= 0.3 is 5.97 Å². The molecule has 1 aromatic carbocycles. The summed E-state index contributed by atoms with van der Waals surface area (Å²) in [5.41, 5.74) is -0.203. The van der Waals surface area contributed by atoms with Gasteiger partial charge in [0.15, 0.2) is 6.61 Å². The number of likely N-dealkylation sites (N-methyl/N-ethyl adjacent to an activating group) is 1. The molecular weight excluding hydrogens is 430 g/mol. The van der Waals surface area contributed by atoms with E-state index in [4.69, 9.17) is 21.1 Å². The Hall–Kier alpha value is -2.91. The van der Waals surface area contributed by atoms with Gasteiger partial charge in [-0.25, -0.2) is 4.98 Å². The minimum atomic E-state index is -0.563. The second-order valence-corrected chi connectivity index (χ2v) is 7.74. The normalized spacial score (nSPS) is 10.7. The van der Waals surface area contributed by atoms with Crippen LogP contribution in [0.25, 0.3) is 10.2 Å². The van der Waals surface area contributed by atoms with E-state index in [9.17, 15) is 14.4 Å². The van der Waals surface area contributed by atoms with Crippen LogP contribution in [0.4, 0.5) is 0 Å². The van der Waals surface area contributed by atoms with Crippen molar-refractivity contribution in [3.05, 3.63) is 57.4 Å². The lowest BCUT2D eigenvalue weighted by Crippen LogP contribution is -2.34. The zero-order valence-electron chi connectivity index (χ0n) is 16.2. The first kappa shape index (κ1) is 21.8. The van der Waals surface area contributed by atoms with Crippen molar-refractivity contribution in [2.75, 3.05) is 26.8 Å². The first-order valence-electron chi connectivity index (χ1n) is 9.14. The molecule has 0 aliphatic carbocycles. The van der Waals surface area contributed by atoms with E-state index in [1.165, 1.54) is 27.1 Å². The van der Waals surface area contributed by atoms with Gasteiger partial charge in [-0.1, -0.05) is 11.6 Å². The van der Waals surface area contributed by atoms with Crippen LogP contribution >= 0.6 is 22.9 Å². The van der Waals surface area contributed by atoms with Crippen molar-refractivity contribution < 1.29 is 19.1 Å². The fourth-order valence-corrected chi connectivity index (χ4v) is 3.39. The standard InChI is InChI=1S/C20H20ClN3O5S/c1-23(9-10-28-15-4-2-14(21)3-5-15)17(25)12-29-18(26)6-8-24-13-22-19-16(20(24)27)7-11-30-19/h2-5,7,11,13H,6,8-10,12H2,1H3. The highest BCUT2D eigenvalue weighted by Crippen LogP contribution is 2.15. The summed E-state index contributed by atoms with van der Waals surface area (Å²) < 4.78 is 11.9. The Morgan fingerprint density at radius 1 is 1.23 bits per heavy atom. The summed E-state index contributed by atoms with van der Waals surface area (Å²) in [6.07, 6.45) is 1.38. The third kappa shape index (κ3) is 5.80.